The van der Waals surface area contributed by atoms with Gasteiger partial charge in [0, 0.05) is 11.1 Å². The molecule has 1 heterocycles. The molecule has 2 aromatic carbocycles. The van der Waals surface area contributed by atoms with Crippen molar-refractivity contribution in [1.29, 1.82) is 0 Å². The van der Waals surface area contributed by atoms with Gasteiger partial charge in [0.15, 0.2) is 0 Å². The molecule has 42 heavy (non-hydrogen) atoms. The summed E-state index contributed by atoms with van der Waals surface area (Å²) in [4.78, 5) is 34.1. The van der Waals surface area contributed by atoms with Gasteiger partial charge in [-0.15, -0.1) is 0 Å². The Kier molecular flexibility index (Phi) is 11.9. The second kappa shape index (κ2) is 14.5. The molecule has 2 atom stereocenters. The summed E-state index contributed by atoms with van der Waals surface area (Å²) in [7, 11) is 0. The van der Waals surface area contributed by atoms with Gasteiger partial charge in [0.1, 0.15) is 17.2 Å². The van der Waals surface area contributed by atoms with Crippen LogP contribution in [0.4, 0.5) is 0 Å². The van der Waals surface area contributed by atoms with Crippen LogP contribution in [-0.2, 0) is 4.79 Å². The third kappa shape index (κ3) is 8.91. The SMILES string of the molecule is CC.Cc1cc(C)cc(C2=NC(C)(CC(C)C)N(C(CCC(C)(C)C)c3ccc(C(=O)NC/C(N)=N/N)cc3)C2=O)c1. The standard InChI is InChI=1S/C32H46N6O2.C2H6/c1-20(2)18-32(8)36-28(25-16-21(3)15-22(4)17-25)30(40)38(32)26(13-14-31(5,6)7)23-9-11-24(12-10-23)29(39)35-19-27(33)37-34;1-2/h9-12,15-17,20,26H,13-14,18-19,34H2,1-8H3,(H2,33,37)(H,35,39);1-2H3. The molecule has 0 saturated heterocycles. The minimum atomic E-state index is -0.698. The van der Waals surface area contributed by atoms with Gasteiger partial charge < -0.3 is 21.8 Å². The Hall–Kier alpha value is -3.68. The number of nitrogens with zero attached hydrogens (tertiary/aromatic N) is 3. The average Bonchev–Trinajstić information content (AvgIpc) is 3.17. The molecule has 230 valence electrons. The van der Waals surface area contributed by atoms with E-state index in [1.165, 1.54) is 0 Å². The number of hydrogen-bond acceptors (Lipinski definition) is 5. The van der Waals surface area contributed by atoms with Gasteiger partial charge in [-0.05, 0) is 81.2 Å². The number of amides is 2. The second-order valence-electron chi connectivity index (χ2n) is 12.9. The van der Waals surface area contributed by atoms with Crippen LogP contribution in [-0.4, -0.2) is 40.5 Å². The van der Waals surface area contributed by atoms with Gasteiger partial charge in [-0.1, -0.05) is 77.8 Å². The molecule has 3 rings (SSSR count). The smallest absolute Gasteiger partial charge is 0.275 e. The van der Waals surface area contributed by atoms with Crippen LogP contribution in [0.1, 0.15) is 113 Å². The van der Waals surface area contributed by atoms with E-state index < -0.39 is 5.66 Å². The molecule has 5 N–H and O–H groups in total. The zero-order valence-electron chi connectivity index (χ0n) is 27.3. The fraction of sp³-hybridized carbons (Fsp3) is 0.529. The molecule has 0 spiro atoms. The van der Waals surface area contributed by atoms with Crippen LogP contribution < -0.4 is 16.9 Å². The van der Waals surface area contributed by atoms with Gasteiger partial charge in [0.05, 0.1) is 12.6 Å². The Labute approximate surface area is 253 Å². The highest BCUT2D eigenvalue weighted by atomic mass is 16.2. The van der Waals surface area contributed by atoms with E-state index in [1.807, 2.05) is 56.9 Å². The number of amidine groups is 1. The monoisotopic (exact) mass is 576 g/mol. The molecule has 2 unspecified atom stereocenters. The average molecular weight is 577 g/mol. The Bertz CT molecular complexity index is 1270. The summed E-state index contributed by atoms with van der Waals surface area (Å²) in [6.45, 7) is 21.2. The van der Waals surface area contributed by atoms with Gasteiger partial charge in [0.2, 0.25) is 0 Å². The number of nitrogens with one attached hydrogen (secondary N) is 1. The second-order valence-corrected chi connectivity index (χ2v) is 12.9. The first kappa shape index (κ1) is 34.5. The predicted molar refractivity (Wildman–Crippen MR) is 175 cm³/mol. The first-order valence-electron chi connectivity index (χ1n) is 15.1. The Morgan fingerprint density at radius 1 is 1.07 bits per heavy atom. The lowest BCUT2D eigenvalue weighted by Gasteiger charge is -2.41. The van der Waals surface area contributed by atoms with E-state index in [0.717, 1.165) is 41.5 Å². The van der Waals surface area contributed by atoms with Crippen LogP contribution >= 0.6 is 0 Å². The van der Waals surface area contributed by atoms with Crippen LogP contribution in [0.25, 0.3) is 0 Å². The van der Waals surface area contributed by atoms with E-state index >= 15 is 0 Å². The maximum Gasteiger partial charge on any atom is 0.275 e. The van der Waals surface area contributed by atoms with Crippen molar-refractivity contribution in [3.05, 3.63) is 70.3 Å². The summed E-state index contributed by atoms with van der Waals surface area (Å²) in [6, 6.07) is 13.5. The Morgan fingerprint density at radius 2 is 1.64 bits per heavy atom. The molecule has 0 aliphatic carbocycles. The first-order chi connectivity index (χ1) is 19.6. The van der Waals surface area contributed by atoms with Gasteiger partial charge >= 0.3 is 0 Å². The van der Waals surface area contributed by atoms with Gasteiger partial charge in [-0.3, -0.25) is 14.6 Å². The number of hydrogen-bond donors (Lipinski definition) is 3. The van der Waals surface area contributed by atoms with E-state index in [4.69, 9.17) is 16.6 Å². The third-order valence-corrected chi connectivity index (χ3v) is 7.22. The lowest BCUT2D eigenvalue weighted by atomic mass is 9.85. The normalized spacial score (nSPS) is 18.0. The fourth-order valence-electron chi connectivity index (χ4n) is 5.56. The van der Waals surface area contributed by atoms with E-state index in [0.29, 0.717) is 17.2 Å². The van der Waals surface area contributed by atoms with E-state index in [2.05, 4.69) is 58.0 Å². The number of carbonyl (C=O) groups is 2. The molecule has 0 radical (unpaired) electrons. The highest BCUT2D eigenvalue weighted by molar-refractivity contribution is 6.46. The van der Waals surface area contributed by atoms with Crippen LogP contribution in [0.5, 0.6) is 0 Å². The summed E-state index contributed by atoms with van der Waals surface area (Å²) in [5.74, 6) is 5.32. The minimum absolute atomic E-state index is 0.0505. The van der Waals surface area contributed by atoms with Gasteiger partial charge in [-0.25, -0.2) is 0 Å². The van der Waals surface area contributed by atoms with Crippen molar-refractivity contribution in [2.24, 2.45) is 33.0 Å². The van der Waals surface area contributed by atoms with Crippen molar-refractivity contribution in [3.63, 3.8) is 0 Å². The minimum Gasteiger partial charge on any atom is -0.384 e. The van der Waals surface area contributed by atoms with E-state index in [1.54, 1.807) is 12.1 Å². The lowest BCUT2D eigenvalue weighted by Crippen LogP contribution is -2.48. The molecular formula is C34H52N6O2. The molecule has 0 saturated carbocycles. The number of hydrazone groups is 1. The van der Waals surface area contributed by atoms with Crippen molar-refractivity contribution < 1.29 is 9.59 Å². The number of nitrogens with two attached hydrogens (primary N) is 2. The van der Waals surface area contributed by atoms with Gasteiger partial charge in [0.25, 0.3) is 11.8 Å². The zero-order valence-corrected chi connectivity index (χ0v) is 27.3. The summed E-state index contributed by atoms with van der Waals surface area (Å²) in [5, 5.41) is 6.10. The summed E-state index contributed by atoms with van der Waals surface area (Å²) < 4.78 is 0. The van der Waals surface area contributed by atoms with Crippen molar-refractivity contribution in [2.45, 2.75) is 100 Å². The highest BCUT2D eigenvalue weighted by Gasteiger charge is 2.48. The van der Waals surface area contributed by atoms with Gasteiger partial charge in [-0.2, -0.15) is 5.10 Å². The van der Waals surface area contributed by atoms with Crippen LogP contribution in [0, 0.1) is 25.2 Å². The molecule has 8 heteroatoms. The zero-order chi connectivity index (χ0) is 31.8. The quantitative estimate of drug-likeness (QED) is 0.134. The Balaban J connectivity index is 0.00000301. The first-order valence-corrected chi connectivity index (χ1v) is 15.1. The molecule has 1 aliphatic heterocycles. The third-order valence-electron chi connectivity index (χ3n) is 7.22. The van der Waals surface area contributed by atoms with Crippen LogP contribution in [0.3, 0.4) is 0 Å². The molecule has 0 fully saturated rings. The van der Waals surface area contributed by atoms with Crippen molar-refractivity contribution in [1.82, 2.24) is 10.2 Å². The topological polar surface area (TPSA) is 126 Å². The number of rotatable bonds is 10. The summed E-state index contributed by atoms with van der Waals surface area (Å²) >= 11 is 0. The molecule has 1 aliphatic rings. The van der Waals surface area contributed by atoms with E-state index in [-0.39, 0.29) is 35.7 Å². The number of aliphatic imine (C=N–C) groups is 1. The predicted octanol–water partition coefficient (Wildman–Crippen LogP) is 6.25. The lowest BCUT2D eigenvalue weighted by molar-refractivity contribution is -0.131. The van der Waals surface area contributed by atoms with Crippen molar-refractivity contribution >= 4 is 23.4 Å². The maximum absolute atomic E-state index is 14.3. The molecule has 2 aromatic rings. The molecule has 0 bridgehead atoms. The molecule has 8 nitrogen and oxygen atoms in total. The fourth-order valence-corrected chi connectivity index (χ4v) is 5.56. The summed E-state index contributed by atoms with van der Waals surface area (Å²) in [5.41, 5.74) is 10.0. The number of aryl methyl sites for hydroxylation is 2. The maximum atomic E-state index is 14.3. The van der Waals surface area contributed by atoms with E-state index in [9.17, 15) is 9.59 Å². The molecule has 2 amide bonds. The van der Waals surface area contributed by atoms with Crippen molar-refractivity contribution in [2.75, 3.05) is 6.54 Å². The highest BCUT2D eigenvalue weighted by Crippen LogP contribution is 2.42. The Morgan fingerprint density at radius 3 is 2.14 bits per heavy atom. The number of carbonyl (C=O) groups excluding carboxylic acids is 2. The van der Waals surface area contributed by atoms with Crippen LogP contribution in [0.15, 0.2) is 52.6 Å². The molecule has 0 aromatic heterocycles. The molecular weight excluding hydrogens is 524 g/mol. The van der Waals surface area contributed by atoms with Crippen molar-refractivity contribution in [3.8, 4) is 0 Å². The van der Waals surface area contributed by atoms with Crippen LogP contribution in [0.2, 0.25) is 0 Å². The largest absolute Gasteiger partial charge is 0.384 e. The summed E-state index contributed by atoms with van der Waals surface area (Å²) in [6.07, 6.45) is 2.43. The number of benzene rings is 2.